The summed E-state index contributed by atoms with van der Waals surface area (Å²) in [7, 11) is 0. The number of para-hydroxylation sites is 1. The van der Waals surface area contributed by atoms with E-state index in [-0.39, 0.29) is 11.6 Å². The van der Waals surface area contributed by atoms with Crippen molar-refractivity contribution in [1.29, 1.82) is 0 Å². The lowest BCUT2D eigenvalue weighted by atomic mass is 9.97. The van der Waals surface area contributed by atoms with E-state index in [9.17, 15) is 9.59 Å². The van der Waals surface area contributed by atoms with Gasteiger partial charge in [-0.1, -0.05) is 18.2 Å². The Morgan fingerprint density at radius 1 is 1.21 bits per heavy atom. The molecule has 0 N–H and O–H groups in total. The summed E-state index contributed by atoms with van der Waals surface area (Å²) in [5.41, 5.74) is 1.31. The van der Waals surface area contributed by atoms with Crippen molar-refractivity contribution in [1.82, 2.24) is 4.57 Å². The molecular weight excluding hydrogens is 324 g/mol. The summed E-state index contributed by atoms with van der Waals surface area (Å²) in [6.07, 6.45) is 4.01. The van der Waals surface area contributed by atoms with Crippen LogP contribution in [0.15, 0.2) is 44.5 Å². The second-order valence-corrected chi connectivity index (χ2v) is 6.95. The lowest BCUT2D eigenvalue weighted by molar-refractivity contribution is 0.0926. The minimum Gasteiger partial charge on any atom is -0.388 e. The first-order chi connectivity index (χ1) is 11.6. The molecule has 6 heteroatoms. The summed E-state index contributed by atoms with van der Waals surface area (Å²) in [5, 5.41) is 0.553. The number of rotatable bonds is 1. The van der Waals surface area contributed by atoms with E-state index in [4.69, 9.17) is 4.42 Å². The number of aryl methyl sites for hydroxylation is 2. The Labute approximate surface area is 141 Å². The van der Waals surface area contributed by atoms with Gasteiger partial charge in [-0.05, 0) is 43.4 Å². The van der Waals surface area contributed by atoms with E-state index < -0.39 is 5.63 Å². The van der Waals surface area contributed by atoms with Crippen LogP contribution in [0.5, 0.6) is 0 Å². The Bertz CT molecular complexity index is 1060. The molecule has 5 nitrogen and oxygen atoms in total. The Balaban J connectivity index is 2.09. The largest absolute Gasteiger partial charge is 0.388 e. The number of benzene rings is 1. The number of aromatic nitrogens is 1. The van der Waals surface area contributed by atoms with Crippen molar-refractivity contribution >= 4 is 33.1 Å². The lowest BCUT2D eigenvalue weighted by Gasteiger charge is -2.09. The molecule has 4 rings (SSSR count). The molecule has 0 aliphatic heterocycles. The third-order valence-corrected chi connectivity index (χ3v) is 5.51. The zero-order valence-corrected chi connectivity index (χ0v) is 14.1. The highest BCUT2D eigenvalue weighted by Gasteiger charge is 2.23. The molecule has 0 saturated carbocycles. The summed E-state index contributed by atoms with van der Waals surface area (Å²) in [6, 6.07) is 9.17. The quantitative estimate of drug-likeness (QED) is 0.682. The van der Waals surface area contributed by atoms with Crippen molar-refractivity contribution < 1.29 is 9.21 Å². The number of carbonyl (C=O) groups is 1. The minimum atomic E-state index is -0.406. The van der Waals surface area contributed by atoms with Crippen LogP contribution in [0.1, 0.15) is 35.0 Å². The maximum Gasteiger partial charge on any atom is 0.349 e. The number of hydrogen-bond donors (Lipinski definition) is 0. The van der Waals surface area contributed by atoms with Crippen LogP contribution in [-0.2, 0) is 12.8 Å². The Hall–Kier alpha value is -2.47. The molecule has 1 aliphatic carbocycles. The van der Waals surface area contributed by atoms with Crippen molar-refractivity contribution in [2.45, 2.75) is 32.6 Å². The van der Waals surface area contributed by atoms with Crippen LogP contribution >= 0.6 is 11.3 Å². The molecule has 1 aromatic carbocycles. The van der Waals surface area contributed by atoms with Gasteiger partial charge in [0, 0.05) is 11.8 Å². The van der Waals surface area contributed by atoms with Crippen LogP contribution in [0, 0.1) is 0 Å². The molecule has 122 valence electrons. The average Bonchev–Trinajstić information content (AvgIpc) is 2.95. The molecule has 24 heavy (non-hydrogen) atoms. The van der Waals surface area contributed by atoms with Crippen LogP contribution in [0.2, 0.25) is 0 Å². The van der Waals surface area contributed by atoms with Gasteiger partial charge in [0.25, 0.3) is 0 Å². The Kier molecular flexibility index (Phi) is 3.69. The van der Waals surface area contributed by atoms with Gasteiger partial charge >= 0.3 is 11.3 Å². The lowest BCUT2D eigenvalue weighted by Crippen LogP contribution is -2.29. The second kappa shape index (κ2) is 5.87. The zero-order valence-electron chi connectivity index (χ0n) is 13.2. The van der Waals surface area contributed by atoms with E-state index in [0.717, 1.165) is 31.2 Å². The summed E-state index contributed by atoms with van der Waals surface area (Å²) >= 11 is 1.52. The number of thiophene rings is 1. The van der Waals surface area contributed by atoms with Gasteiger partial charge in [-0.2, -0.15) is 4.99 Å². The van der Waals surface area contributed by atoms with Crippen molar-refractivity contribution in [2.24, 2.45) is 4.99 Å². The van der Waals surface area contributed by atoms with Crippen molar-refractivity contribution in [3.05, 3.63) is 56.9 Å². The van der Waals surface area contributed by atoms with E-state index in [1.807, 2.05) is 18.2 Å². The van der Waals surface area contributed by atoms with E-state index in [2.05, 4.69) is 4.99 Å². The fraction of sp³-hybridized carbons (Fsp3) is 0.278. The highest BCUT2D eigenvalue weighted by atomic mass is 32.1. The predicted octanol–water partition coefficient (Wildman–Crippen LogP) is 3.43. The van der Waals surface area contributed by atoms with Crippen LogP contribution in [-0.4, -0.2) is 10.5 Å². The number of carbonyl (C=O) groups excluding carboxylic acids is 1. The summed E-state index contributed by atoms with van der Waals surface area (Å²) in [5.74, 6) is -0.211. The number of nitrogens with zero attached hydrogens (tertiary/aromatic N) is 2. The van der Waals surface area contributed by atoms with Gasteiger partial charge in [-0.3, -0.25) is 4.79 Å². The van der Waals surface area contributed by atoms with Gasteiger partial charge in [-0.25, -0.2) is 9.36 Å². The van der Waals surface area contributed by atoms with E-state index in [1.54, 1.807) is 12.1 Å². The predicted molar refractivity (Wildman–Crippen MR) is 93.0 cm³/mol. The highest BCUT2D eigenvalue weighted by molar-refractivity contribution is 7.19. The van der Waals surface area contributed by atoms with Gasteiger partial charge < -0.3 is 4.42 Å². The average molecular weight is 340 g/mol. The van der Waals surface area contributed by atoms with Crippen LogP contribution in [0.3, 0.4) is 0 Å². The van der Waals surface area contributed by atoms with E-state index in [1.165, 1.54) is 27.7 Å². The fourth-order valence-corrected chi connectivity index (χ4v) is 4.56. The summed E-state index contributed by atoms with van der Waals surface area (Å²) < 4.78 is 6.86. The second-order valence-electron chi connectivity index (χ2n) is 5.86. The molecule has 2 aromatic heterocycles. The first kappa shape index (κ1) is 15.1. The fourth-order valence-electron chi connectivity index (χ4n) is 3.15. The van der Waals surface area contributed by atoms with Gasteiger partial charge in [0.15, 0.2) is 0 Å². The van der Waals surface area contributed by atoms with Crippen molar-refractivity contribution in [3.8, 4) is 0 Å². The number of hydrogen-bond acceptors (Lipinski definition) is 5. The van der Waals surface area contributed by atoms with E-state index >= 15 is 0 Å². The molecule has 0 radical (unpaired) electrons. The third-order valence-electron chi connectivity index (χ3n) is 4.23. The van der Waals surface area contributed by atoms with Gasteiger partial charge in [0.2, 0.25) is 5.91 Å². The normalized spacial score (nSPS) is 14.8. The molecule has 0 amide bonds. The first-order valence-electron chi connectivity index (χ1n) is 7.96. The molecule has 0 unspecified atom stereocenters. The molecule has 0 spiro atoms. The molecule has 0 fully saturated rings. The first-order valence-corrected chi connectivity index (χ1v) is 8.78. The highest BCUT2D eigenvalue weighted by Crippen LogP contribution is 2.34. The SMILES string of the molecule is CC(=O)n1c(=Nc2ccccc2)oc(=O)c2c3c(sc21)CCCC3. The van der Waals surface area contributed by atoms with Crippen LogP contribution < -0.4 is 11.3 Å². The zero-order chi connectivity index (χ0) is 16.7. The van der Waals surface area contributed by atoms with Gasteiger partial charge in [-0.15, -0.1) is 11.3 Å². The molecule has 1 aliphatic rings. The summed E-state index contributed by atoms with van der Waals surface area (Å²) in [4.78, 5) is 31.0. The molecule has 3 aromatic rings. The standard InChI is InChI=1S/C18H16N2O3S/c1-11(21)20-16-15(13-9-5-6-10-14(13)24-16)17(22)23-18(20)19-12-7-3-2-4-8-12/h2-4,7-8H,5-6,9-10H2,1H3. The molecule has 2 heterocycles. The molecule has 0 bridgehead atoms. The van der Waals surface area contributed by atoms with Gasteiger partial charge in [0.05, 0.1) is 11.1 Å². The maximum absolute atomic E-state index is 12.6. The molecule has 0 atom stereocenters. The van der Waals surface area contributed by atoms with Crippen molar-refractivity contribution in [3.63, 3.8) is 0 Å². The topological polar surface area (TPSA) is 64.6 Å². The molecular formula is C18H16N2O3S. The third kappa shape index (κ3) is 2.43. The Morgan fingerprint density at radius 2 is 1.96 bits per heavy atom. The Morgan fingerprint density at radius 3 is 2.71 bits per heavy atom. The maximum atomic E-state index is 12.6. The molecule has 0 saturated heterocycles. The minimum absolute atomic E-state index is 0.0322. The van der Waals surface area contributed by atoms with Gasteiger partial charge in [0.1, 0.15) is 4.83 Å². The number of fused-ring (bicyclic) bond motifs is 3. The van der Waals surface area contributed by atoms with Crippen LogP contribution in [0.25, 0.3) is 10.2 Å². The van der Waals surface area contributed by atoms with Crippen LogP contribution in [0.4, 0.5) is 5.69 Å². The monoisotopic (exact) mass is 340 g/mol. The van der Waals surface area contributed by atoms with E-state index in [0.29, 0.717) is 15.9 Å². The summed E-state index contributed by atoms with van der Waals surface area (Å²) in [6.45, 7) is 1.46. The van der Waals surface area contributed by atoms with Crippen molar-refractivity contribution in [2.75, 3.05) is 0 Å². The smallest absolute Gasteiger partial charge is 0.349 e.